The molecule has 0 saturated carbocycles. The monoisotopic (exact) mass is 666 g/mol. The molecule has 0 amide bonds. The molecule has 6 N–H and O–H groups in total. The molecule has 46 heavy (non-hydrogen) atoms. The van der Waals surface area contributed by atoms with Crippen LogP contribution in [0.1, 0.15) is 68.0 Å². The van der Waals surface area contributed by atoms with Crippen molar-refractivity contribution in [3.63, 3.8) is 0 Å². The number of esters is 2. The fourth-order valence-corrected chi connectivity index (χ4v) is 6.60. The highest BCUT2D eigenvalue weighted by molar-refractivity contribution is 7.54. The van der Waals surface area contributed by atoms with Crippen LogP contribution in [0, 0.1) is 22.2 Å². The Morgan fingerprint density at radius 1 is 1.11 bits per heavy atom. The number of carbonyl (C=O) groups is 2. The van der Waals surface area contributed by atoms with Gasteiger partial charge in [-0.2, -0.15) is 10.4 Å². The number of carbonyl (C=O) groups excluding carboxylic acids is 2. The van der Waals surface area contributed by atoms with Gasteiger partial charge in [-0.3, -0.25) is 14.2 Å². The largest absolute Gasteiger partial charge is 0.464 e. The third-order valence-corrected chi connectivity index (χ3v) is 9.50. The van der Waals surface area contributed by atoms with Crippen molar-refractivity contribution in [2.45, 2.75) is 97.8 Å². The van der Waals surface area contributed by atoms with Gasteiger partial charge in [-0.15, -0.1) is 0 Å². The predicted octanol–water partition coefficient (Wildman–Crippen LogP) is 2.41. The van der Waals surface area contributed by atoms with Crippen molar-refractivity contribution in [2.24, 2.45) is 10.8 Å². The topological polar surface area (TPSA) is 220 Å². The zero-order valence-corrected chi connectivity index (χ0v) is 28.8. The van der Waals surface area contributed by atoms with Gasteiger partial charge in [0.25, 0.3) is 0 Å². The molecule has 0 aromatic carbocycles. The number of hydrogen-bond donors (Lipinski definition) is 5. The maximum atomic E-state index is 14.2. The third kappa shape index (κ3) is 7.88. The number of ether oxygens (including phenoxy) is 3. The predicted molar refractivity (Wildman–Crippen MR) is 168 cm³/mol. The van der Waals surface area contributed by atoms with E-state index in [9.17, 15) is 29.6 Å². The summed E-state index contributed by atoms with van der Waals surface area (Å²) in [5.41, 5.74) is 1.19. The van der Waals surface area contributed by atoms with Crippen LogP contribution < -0.4 is 15.9 Å². The molecule has 6 atom stereocenters. The van der Waals surface area contributed by atoms with E-state index in [1.165, 1.54) is 23.7 Å². The fraction of sp³-hybridized carbons (Fsp3) is 0.667. The molecule has 0 aliphatic carbocycles. The summed E-state index contributed by atoms with van der Waals surface area (Å²) < 4.78 is 38.1. The third-order valence-electron chi connectivity index (χ3n) is 7.43. The molecule has 0 radical (unpaired) electrons. The van der Waals surface area contributed by atoms with Gasteiger partial charge < -0.3 is 34.7 Å². The van der Waals surface area contributed by atoms with Crippen molar-refractivity contribution in [3.05, 3.63) is 30.1 Å². The average Bonchev–Trinajstić information content (AvgIpc) is 3.46. The molecule has 2 aromatic rings. The second-order valence-electron chi connectivity index (χ2n) is 13.9. The Morgan fingerprint density at radius 3 is 2.11 bits per heavy atom. The van der Waals surface area contributed by atoms with Crippen molar-refractivity contribution in [1.82, 2.24) is 19.8 Å². The SMILES string of the molecule is C[C@@H](COC(=O)C(C)(C)C)NP(=O)(N[C@@H](C)COC(=O)C(C)(C)C)OC[C@H]1O[C@@](C#N)(c2ccc3c(N)ccnn23)[C@](C)(O)[C@@H]1O. The molecule has 0 spiro atoms. The standard InChI is InChI=1S/C30H47N6O9P/c1-18(14-42-25(38)27(3,4)5)34-46(41,35-19(2)15-43-26(39)28(6,7)8)44-16-22-24(37)29(9,40)30(17-31,45-22)23-11-10-21-20(32)12-13-33-36(21)23/h10-13,18-19,22,24,37,40H,14-16,32H2,1-9H3,(H2,34,35,41)/t18-,19-,22+,24+,29+,30-/m0/s1. The lowest BCUT2D eigenvalue weighted by Crippen LogP contribution is -2.52. The van der Waals surface area contributed by atoms with Crippen LogP contribution >= 0.6 is 7.67 Å². The first-order chi connectivity index (χ1) is 21.1. The minimum absolute atomic E-state index is 0.117. The Hall–Kier alpha value is -3.09. The summed E-state index contributed by atoms with van der Waals surface area (Å²) in [7, 11) is -4.08. The number of fused-ring (bicyclic) bond motifs is 1. The molecule has 0 unspecified atom stereocenters. The Balaban J connectivity index is 1.84. The molecule has 15 nitrogen and oxygen atoms in total. The molecule has 1 fully saturated rings. The highest BCUT2D eigenvalue weighted by atomic mass is 31.2. The van der Waals surface area contributed by atoms with Crippen molar-refractivity contribution in [2.75, 3.05) is 25.6 Å². The number of nitrogen functional groups attached to an aromatic ring is 1. The van der Waals surface area contributed by atoms with Gasteiger partial charge in [-0.25, -0.2) is 14.7 Å². The normalized spacial score (nSPS) is 25.2. The van der Waals surface area contributed by atoms with Gasteiger partial charge in [-0.05, 0) is 80.5 Å². The van der Waals surface area contributed by atoms with Gasteiger partial charge in [0.05, 0.1) is 34.3 Å². The van der Waals surface area contributed by atoms with Gasteiger partial charge >= 0.3 is 19.6 Å². The second kappa shape index (κ2) is 13.6. The van der Waals surface area contributed by atoms with E-state index < -0.39 is 72.5 Å². The van der Waals surface area contributed by atoms with E-state index in [1.54, 1.807) is 67.5 Å². The first kappa shape index (κ1) is 37.4. The maximum Gasteiger partial charge on any atom is 0.341 e. The molecule has 0 bridgehead atoms. The number of anilines is 1. The zero-order valence-electron chi connectivity index (χ0n) is 27.9. The summed E-state index contributed by atoms with van der Waals surface area (Å²) in [5.74, 6) is -0.918. The van der Waals surface area contributed by atoms with Crippen molar-refractivity contribution >= 4 is 30.8 Å². The zero-order chi connectivity index (χ0) is 34.9. The van der Waals surface area contributed by atoms with E-state index in [4.69, 9.17) is 24.5 Å². The lowest BCUT2D eigenvalue weighted by atomic mass is 9.80. The van der Waals surface area contributed by atoms with Crippen molar-refractivity contribution in [3.8, 4) is 6.07 Å². The van der Waals surface area contributed by atoms with Gasteiger partial charge in [-0.1, -0.05) is 0 Å². The molecule has 3 heterocycles. The minimum Gasteiger partial charge on any atom is -0.464 e. The summed E-state index contributed by atoms with van der Waals surface area (Å²) in [4.78, 5) is 24.6. The van der Waals surface area contributed by atoms with Gasteiger partial charge in [0.15, 0.2) is 0 Å². The average molecular weight is 667 g/mol. The van der Waals surface area contributed by atoms with Crippen LogP contribution in [0.25, 0.3) is 5.52 Å². The number of hydrogen-bond acceptors (Lipinski definition) is 12. The number of nitrogens with two attached hydrogens (primary N) is 1. The Bertz CT molecular complexity index is 1470. The summed E-state index contributed by atoms with van der Waals surface area (Å²) in [6.45, 7) is 13.9. The van der Waals surface area contributed by atoms with Crippen molar-refractivity contribution < 1.29 is 43.1 Å². The van der Waals surface area contributed by atoms with Crippen LogP contribution in [-0.2, 0) is 38.5 Å². The lowest BCUT2D eigenvalue weighted by molar-refractivity contribution is -0.154. The highest BCUT2D eigenvalue weighted by Crippen LogP contribution is 2.49. The van der Waals surface area contributed by atoms with Crippen LogP contribution in [0.3, 0.4) is 0 Å². The van der Waals surface area contributed by atoms with E-state index in [-0.39, 0.29) is 18.9 Å². The summed E-state index contributed by atoms with van der Waals surface area (Å²) in [6.07, 6.45) is -1.60. The van der Waals surface area contributed by atoms with Gasteiger partial charge in [0.2, 0.25) is 5.60 Å². The van der Waals surface area contributed by atoms with E-state index in [0.717, 1.165) is 0 Å². The number of aliphatic hydroxyl groups is 2. The number of nitriles is 1. The molecular formula is C30H47N6O9P. The lowest BCUT2D eigenvalue weighted by Gasteiger charge is -2.33. The Labute approximate surface area is 269 Å². The Morgan fingerprint density at radius 2 is 1.63 bits per heavy atom. The fourth-order valence-electron chi connectivity index (χ4n) is 4.71. The second-order valence-corrected chi connectivity index (χ2v) is 15.8. The van der Waals surface area contributed by atoms with E-state index in [1.807, 2.05) is 6.07 Å². The first-order valence-electron chi connectivity index (χ1n) is 14.9. The molecule has 2 aromatic heterocycles. The van der Waals surface area contributed by atoms with E-state index in [2.05, 4.69) is 15.3 Å². The molecule has 1 aliphatic heterocycles. The summed E-state index contributed by atoms with van der Waals surface area (Å²) >= 11 is 0. The Kier molecular flexibility index (Phi) is 11.0. The minimum atomic E-state index is -4.08. The van der Waals surface area contributed by atoms with Gasteiger partial charge in [0.1, 0.15) is 37.1 Å². The number of nitrogens with zero attached hydrogens (tertiary/aromatic N) is 3. The number of aromatic nitrogens is 2. The maximum absolute atomic E-state index is 14.2. The van der Waals surface area contributed by atoms with Gasteiger partial charge in [0, 0.05) is 18.3 Å². The molecule has 3 rings (SSSR count). The molecule has 1 saturated heterocycles. The number of nitrogens with one attached hydrogen (secondary N) is 2. The van der Waals surface area contributed by atoms with Crippen molar-refractivity contribution in [1.29, 1.82) is 5.26 Å². The molecule has 256 valence electrons. The summed E-state index contributed by atoms with van der Waals surface area (Å²) in [5, 5.41) is 42.9. The van der Waals surface area contributed by atoms with E-state index in [0.29, 0.717) is 11.2 Å². The molecule has 1 aliphatic rings. The van der Waals surface area contributed by atoms with Crippen LogP contribution in [0.5, 0.6) is 0 Å². The quantitative estimate of drug-likeness (QED) is 0.162. The van der Waals surface area contributed by atoms with Crippen LogP contribution in [0.4, 0.5) is 5.69 Å². The van der Waals surface area contributed by atoms with E-state index >= 15 is 0 Å². The van der Waals surface area contributed by atoms with Crippen LogP contribution in [-0.4, -0.2) is 81.5 Å². The van der Waals surface area contributed by atoms with Crippen LogP contribution in [0.15, 0.2) is 24.4 Å². The number of aliphatic hydroxyl groups excluding tert-OH is 1. The summed E-state index contributed by atoms with van der Waals surface area (Å²) in [6, 6.07) is 5.32. The number of rotatable bonds is 12. The highest BCUT2D eigenvalue weighted by Gasteiger charge is 2.65. The van der Waals surface area contributed by atoms with Crippen LogP contribution in [0.2, 0.25) is 0 Å². The molecule has 16 heteroatoms. The molecular weight excluding hydrogens is 619 g/mol. The smallest absolute Gasteiger partial charge is 0.341 e. The first-order valence-corrected chi connectivity index (χ1v) is 16.6.